The highest BCUT2D eigenvalue weighted by atomic mass is 35.5. The zero-order valence-corrected chi connectivity index (χ0v) is 19.3. The van der Waals surface area contributed by atoms with Crippen LogP contribution in [-0.2, 0) is 19.6 Å². The highest BCUT2D eigenvalue weighted by Gasteiger charge is 2.33. The van der Waals surface area contributed by atoms with Crippen LogP contribution in [0.4, 0.5) is 5.82 Å². The minimum atomic E-state index is -4.02. The summed E-state index contributed by atoms with van der Waals surface area (Å²) < 4.78 is 31.9. The van der Waals surface area contributed by atoms with E-state index >= 15 is 0 Å². The maximum absolute atomic E-state index is 12.6. The minimum Gasteiger partial charge on any atom is -0.460 e. The fourth-order valence-corrected chi connectivity index (χ4v) is 5.74. The number of ether oxygens (including phenoxy) is 1. The molecule has 0 bridgehead atoms. The molecule has 170 valence electrons. The van der Waals surface area contributed by atoms with Gasteiger partial charge in [0.05, 0.1) is 33.7 Å². The summed E-state index contributed by atoms with van der Waals surface area (Å²) >= 11 is 6.62. The Morgan fingerprint density at radius 2 is 2.22 bits per heavy atom. The number of aliphatic hydroxyl groups excluding tert-OH is 1. The number of sulfonamides is 1. The second-order valence-electron chi connectivity index (χ2n) is 6.92. The first-order chi connectivity index (χ1) is 15.2. The van der Waals surface area contributed by atoms with E-state index in [0.29, 0.717) is 28.8 Å². The van der Waals surface area contributed by atoms with Crippen LogP contribution in [0.2, 0.25) is 4.34 Å². The molecule has 0 aromatic carbocycles. The van der Waals surface area contributed by atoms with Gasteiger partial charge in [-0.1, -0.05) is 11.6 Å². The van der Waals surface area contributed by atoms with Crippen molar-refractivity contribution in [2.24, 2.45) is 5.92 Å². The lowest BCUT2D eigenvalue weighted by Gasteiger charge is -2.20. The lowest BCUT2D eigenvalue weighted by atomic mass is 10.1. The lowest BCUT2D eigenvalue weighted by Crippen LogP contribution is -2.36. The quantitative estimate of drug-likeness (QED) is 0.540. The first-order valence-electron chi connectivity index (χ1n) is 9.43. The number of pyridine rings is 1. The molecule has 1 unspecified atom stereocenters. The molecule has 1 atom stereocenters. The maximum atomic E-state index is 12.6. The predicted octanol–water partition coefficient (Wildman–Crippen LogP) is 1.46. The van der Waals surface area contributed by atoms with Crippen molar-refractivity contribution in [2.75, 3.05) is 31.2 Å². The van der Waals surface area contributed by atoms with Crippen molar-refractivity contribution < 1.29 is 27.9 Å². The summed E-state index contributed by atoms with van der Waals surface area (Å²) in [5, 5.41) is 18.3. The molecule has 1 aliphatic heterocycles. The topological polar surface area (TPSA) is 150 Å². The Balaban J connectivity index is 1.74. The second kappa shape index (κ2) is 9.83. The molecule has 0 saturated carbocycles. The van der Waals surface area contributed by atoms with Gasteiger partial charge in [-0.15, -0.1) is 11.3 Å². The van der Waals surface area contributed by atoms with Crippen molar-refractivity contribution in [2.45, 2.75) is 17.6 Å². The zero-order valence-electron chi connectivity index (χ0n) is 16.9. The number of carbonyl (C=O) groups excluding carboxylic acids is 2. The van der Waals surface area contributed by atoms with Gasteiger partial charge in [0.15, 0.2) is 0 Å². The van der Waals surface area contributed by atoms with Crippen molar-refractivity contribution in [3.8, 4) is 6.07 Å². The number of hydrogen-bond donors (Lipinski definition) is 2. The van der Waals surface area contributed by atoms with Gasteiger partial charge in [0, 0.05) is 13.1 Å². The molecule has 32 heavy (non-hydrogen) atoms. The molecular formula is C19H19ClN4O6S2. The number of aromatic nitrogens is 1. The van der Waals surface area contributed by atoms with E-state index in [0.717, 1.165) is 11.3 Å². The summed E-state index contributed by atoms with van der Waals surface area (Å²) in [6.45, 7) is 1.61. The van der Waals surface area contributed by atoms with E-state index in [1.165, 1.54) is 18.2 Å². The highest BCUT2D eigenvalue weighted by Crippen LogP contribution is 2.29. The minimum absolute atomic E-state index is 0.0570. The summed E-state index contributed by atoms with van der Waals surface area (Å²) in [7, 11) is -4.02. The molecule has 3 heterocycles. The molecule has 13 heteroatoms. The molecule has 0 radical (unpaired) electrons. The van der Waals surface area contributed by atoms with Crippen molar-refractivity contribution in [3.05, 3.63) is 39.4 Å². The van der Waals surface area contributed by atoms with Crippen LogP contribution >= 0.6 is 22.9 Å². The molecule has 2 aromatic rings. The van der Waals surface area contributed by atoms with Crippen LogP contribution in [-0.4, -0.2) is 56.7 Å². The van der Waals surface area contributed by atoms with Crippen molar-refractivity contribution in [1.29, 1.82) is 5.26 Å². The molecular weight excluding hydrogens is 480 g/mol. The number of anilines is 1. The van der Waals surface area contributed by atoms with Crippen LogP contribution in [0, 0.1) is 24.2 Å². The third kappa shape index (κ3) is 5.18. The number of aliphatic hydroxyl groups is 1. The third-order valence-corrected chi connectivity index (χ3v) is 7.83. The summed E-state index contributed by atoms with van der Waals surface area (Å²) in [5.41, 5.74) is 0.549. The average molecular weight is 499 g/mol. The van der Waals surface area contributed by atoms with E-state index in [-0.39, 0.29) is 35.1 Å². The molecule has 1 aliphatic rings. The van der Waals surface area contributed by atoms with Crippen LogP contribution in [0.3, 0.4) is 0 Å². The smallest absolute Gasteiger partial charge is 0.340 e. The lowest BCUT2D eigenvalue weighted by molar-refractivity contribution is -0.122. The van der Waals surface area contributed by atoms with Crippen molar-refractivity contribution >= 4 is 50.7 Å². The van der Waals surface area contributed by atoms with Crippen LogP contribution in [0.15, 0.2) is 22.4 Å². The van der Waals surface area contributed by atoms with Gasteiger partial charge in [-0.05, 0) is 31.5 Å². The van der Waals surface area contributed by atoms with Crippen LogP contribution < -0.4 is 9.62 Å². The SMILES string of the molecule is Cc1nc(N2CCC(C(=O)NS(=O)(=O)c3ccc(Cl)s3)C2)c(C#N)cc1C(=O)OCCO. The number of nitrogens with one attached hydrogen (secondary N) is 1. The Hall–Kier alpha value is -2.72. The number of nitrogens with zero attached hydrogens (tertiary/aromatic N) is 3. The number of aryl methyl sites for hydroxylation is 1. The molecule has 0 aliphatic carbocycles. The Kier molecular flexibility index (Phi) is 7.35. The Bertz CT molecular complexity index is 1190. The second-order valence-corrected chi connectivity index (χ2v) is 10.5. The summed E-state index contributed by atoms with van der Waals surface area (Å²) in [6, 6.07) is 6.10. The number of halogens is 1. The van der Waals surface area contributed by atoms with Crippen LogP contribution in [0.25, 0.3) is 0 Å². The summed E-state index contributed by atoms with van der Waals surface area (Å²) in [6.07, 6.45) is 0.360. The number of amides is 1. The van der Waals surface area contributed by atoms with Gasteiger partial charge in [-0.25, -0.2) is 22.9 Å². The molecule has 1 amide bonds. The number of nitriles is 1. The van der Waals surface area contributed by atoms with E-state index in [2.05, 4.69) is 9.71 Å². The van der Waals surface area contributed by atoms with Crippen molar-refractivity contribution in [3.63, 3.8) is 0 Å². The third-order valence-electron chi connectivity index (χ3n) is 4.76. The number of thiophene rings is 1. The predicted molar refractivity (Wildman–Crippen MR) is 116 cm³/mol. The van der Waals surface area contributed by atoms with Gasteiger partial charge >= 0.3 is 5.97 Å². The monoisotopic (exact) mass is 498 g/mol. The van der Waals surface area contributed by atoms with Gasteiger partial charge < -0.3 is 14.7 Å². The fourth-order valence-electron chi connectivity index (χ4n) is 3.21. The van der Waals surface area contributed by atoms with Gasteiger partial charge in [0.1, 0.15) is 22.7 Å². The summed E-state index contributed by atoms with van der Waals surface area (Å²) in [4.78, 5) is 30.7. The molecule has 0 spiro atoms. The Morgan fingerprint density at radius 1 is 1.47 bits per heavy atom. The number of carbonyl (C=O) groups is 2. The highest BCUT2D eigenvalue weighted by molar-refractivity contribution is 7.92. The Morgan fingerprint density at radius 3 is 2.84 bits per heavy atom. The Labute approximate surface area is 193 Å². The normalized spacial score (nSPS) is 15.9. The average Bonchev–Trinajstić information content (AvgIpc) is 3.41. The number of hydrogen-bond acceptors (Lipinski definition) is 10. The van der Waals surface area contributed by atoms with Gasteiger partial charge in [0.2, 0.25) is 5.91 Å². The standard InChI is InChI=1S/C19H19ClN4O6S2/c1-11-14(19(27)30-7-6-25)8-13(9-21)17(22-11)24-5-4-12(10-24)18(26)23-32(28,29)16-3-2-15(20)31-16/h2-3,8,12,25H,4-7,10H2,1H3,(H,23,26). The number of esters is 1. The fraction of sp³-hybridized carbons (Fsp3) is 0.368. The molecule has 1 fully saturated rings. The van der Waals surface area contributed by atoms with E-state index in [9.17, 15) is 23.3 Å². The van der Waals surface area contributed by atoms with Gasteiger partial charge in [-0.2, -0.15) is 5.26 Å². The van der Waals surface area contributed by atoms with Crippen LogP contribution in [0.5, 0.6) is 0 Å². The van der Waals surface area contributed by atoms with Crippen LogP contribution in [0.1, 0.15) is 28.0 Å². The first-order valence-corrected chi connectivity index (χ1v) is 12.1. The first kappa shape index (κ1) is 23.9. The van der Waals surface area contributed by atoms with E-state index < -0.39 is 27.8 Å². The van der Waals surface area contributed by atoms with E-state index in [1.54, 1.807) is 11.8 Å². The maximum Gasteiger partial charge on any atom is 0.340 e. The molecule has 2 aromatic heterocycles. The van der Waals surface area contributed by atoms with Gasteiger partial charge in [-0.3, -0.25) is 4.79 Å². The zero-order chi connectivity index (χ0) is 23.5. The summed E-state index contributed by atoms with van der Waals surface area (Å²) in [5.74, 6) is -1.70. The van der Waals surface area contributed by atoms with Crippen molar-refractivity contribution in [1.82, 2.24) is 9.71 Å². The molecule has 3 rings (SSSR count). The molecule has 10 nitrogen and oxygen atoms in total. The molecule has 2 N–H and O–H groups in total. The van der Waals surface area contributed by atoms with Gasteiger partial charge in [0.25, 0.3) is 10.0 Å². The molecule has 1 saturated heterocycles. The largest absolute Gasteiger partial charge is 0.460 e. The number of rotatable bonds is 7. The van der Waals surface area contributed by atoms with E-state index in [4.69, 9.17) is 21.4 Å². The van der Waals surface area contributed by atoms with E-state index in [1.807, 2.05) is 6.07 Å².